The molecule has 6 nitrogen and oxygen atoms in total. The number of hydrogen-bond acceptors (Lipinski definition) is 5. The molecule has 0 aromatic heterocycles. The molecule has 0 heterocycles. The second-order valence-corrected chi connectivity index (χ2v) is 8.32. The Balaban J connectivity index is 2.48. The molecule has 0 fully saturated rings. The SMILES string of the molecule is CCOC(=O)[C@](O)(c1ccc(N(CC)S(=O)(=O)c2ccc(C)cc2)cc1)C(F)(F)F. The molecule has 0 aliphatic rings. The van der Waals surface area contributed by atoms with Gasteiger partial charge < -0.3 is 9.84 Å². The number of nitrogens with zero attached hydrogens (tertiary/aromatic N) is 1. The van der Waals surface area contributed by atoms with E-state index in [0.717, 1.165) is 34.1 Å². The molecule has 0 radical (unpaired) electrons. The van der Waals surface area contributed by atoms with Crippen molar-refractivity contribution in [2.75, 3.05) is 17.5 Å². The molecule has 2 aromatic rings. The van der Waals surface area contributed by atoms with Crippen LogP contribution < -0.4 is 4.31 Å². The molecule has 0 aliphatic carbocycles. The maximum Gasteiger partial charge on any atom is 0.432 e. The number of carbonyl (C=O) groups excluding carboxylic acids is 1. The van der Waals surface area contributed by atoms with Gasteiger partial charge in [-0.15, -0.1) is 0 Å². The van der Waals surface area contributed by atoms with Crippen molar-refractivity contribution in [2.24, 2.45) is 0 Å². The Hall–Kier alpha value is -2.59. The smallest absolute Gasteiger partial charge is 0.432 e. The zero-order valence-corrected chi connectivity index (χ0v) is 17.4. The van der Waals surface area contributed by atoms with Crippen LogP contribution in [0.2, 0.25) is 0 Å². The summed E-state index contributed by atoms with van der Waals surface area (Å²) in [4.78, 5) is 11.9. The number of halogens is 3. The average Bonchev–Trinajstić information content (AvgIpc) is 2.68. The van der Waals surface area contributed by atoms with Gasteiger partial charge in [-0.3, -0.25) is 4.31 Å². The van der Waals surface area contributed by atoms with E-state index in [1.54, 1.807) is 26.0 Å². The molecule has 0 aliphatic heterocycles. The van der Waals surface area contributed by atoms with Crippen molar-refractivity contribution in [3.05, 3.63) is 59.7 Å². The zero-order valence-electron chi connectivity index (χ0n) is 16.6. The molecule has 0 unspecified atom stereocenters. The van der Waals surface area contributed by atoms with Crippen molar-refractivity contribution in [1.82, 2.24) is 0 Å². The molecule has 2 rings (SSSR count). The van der Waals surface area contributed by atoms with Crippen LogP contribution in [0.4, 0.5) is 18.9 Å². The average molecular weight is 445 g/mol. The number of benzene rings is 2. The summed E-state index contributed by atoms with van der Waals surface area (Å²) in [6.07, 6.45) is -5.33. The third-order valence-corrected chi connectivity index (χ3v) is 6.37. The summed E-state index contributed by atoms with van der Waals surface area (Å²) in [6.45, 7) is 4.35. The Labute approximate surface area is 172 Å². The van der Waals surface area contributed by atoms with Gasteiger partial charge in [-0.25, -0.2) is 13.2 Å². The number of sulfonamides is 1. The highest BCUT2D eigenvalue weighted by Gasteiger charge is 2.62. The monoisotopic (exact) mass is 445 g/mol. The van der Waals surface area contributed by atoms with E-state index >= 15 is 0 Å². The molecule has 30 heavy (non-hydrogen) atoms. The summed E-state index contributed by atoms with van der Waals surface area (Å²) in [7, 11) is -3.97. The third-order valence-electron chi connectivity index (χ3n) is 4.45. The minimum Gasteiger partial charge on any atom is -0.463 e. The predicted octanol–water partition coefficient (Wildman–Crippen LogP) is 3.52. The minimum atomic E-state index is -5.33. The van der Waals surface area contributed by atoms with E-state index in [0.29, 0.717) is 0 Å². The lowest BCUT2D eigenvalue weighted by Gasteiger charge is -2.29. The summed E-state index contributed by atoms with van der Waals surface area (Å²) >= 11 is 0. The van der Waals surface area contributed by atoms with Gasteiger partial charge in [0.25, 0.3) is 15.6 Å². The van der Waals surface area contributed by atoms with E-state index in [-0.39, 0.29) is 23.7 Å². The van der Waals surface area contributed by atoms with Crippen molar-refractivity contribution in [3.63, 3.8) is 0 Å². The molecule has 0 saturated carbocycles. The van der Waals surface area contributed by atoms with Gasteiger partial charge in [0.1, 0.15) is 0 Å². The number of aliphatic hydroxyl groups is 1. The summed E-state index contributed by atoms with van der Waals surface area (Å²) in [6, 6.07) is 10.0. The fourth-order valence-electron chi connectivity index (χ4n) is 2.83. The number of carbonyl (C=O) groups is 1. The van der Waals surface area contributed by atoms with Crippen LogP contribution in [0, 0.1) is 6.92 Å². The number of alkyl halides is 3. The van der Waals surface area contributed by atoms with Gasteiger partial charge in [-0.2, -0.15) is 13.2 Å². The molecule has 0 bridgehead atoms. The van der Waals surface area contributed by atoms with Crippen molar-refractivity contribution >= 4 is 21.7 Å². The fourth-order valence-corrected chi connectivity index (χ4v) is 4.30. The molecular formula is C20H22F3NO5S. The van der Waals surface area contributed by atoms with Crippen molar-refractivity contribution in [2.45, 2.75) is 37.4 Å². The van der Waals surface area contributed by atoms with Gasteiger partial charge in [0.2, 0.25) is 0 Å². The number of aryl methyl sites for hydroxylation is 1. The maximum absolute atomic E-state index is 13.5. The summed E-state index contributed by atoms with van der Waals surface area (Å²) in [5, 5.41) is 10.1. The summed E-state index contributed by atoms with van der Waals surface area (Å²) in [5.74, 6) is -1.86. The number of esters is 1. The topological polar surface area (TPSA) is 83.9 Å². The first-order valence-electron chi connectivity index (χ1n) is 9.05. The van der Waals surface area contributed by atoms with Crippen LogP contribution in [0.5, 0.6) is 0 Å². The molecule has 1 atom stereocenters. The maximum atomic E-state index is 13.5. The first kappa shape index (κ1) is 23.7. The van der Waals surface area contributed by atoms with Gasteiger partial charge in [-0.1, -0.05) is 29.8 Å². The Morgan fingerprint density at radius 3 is 2.00 bits per heavy atom. The second kappa shape index (κ2) is 8.65. The first-order chi connectivity index (χ1) is 13.9. The third kappa shape index (κ3) is 4.29. The largest absolute Gasteiger partial charge is 0.463 e. The molecule has 0 spiro atoms. The van der Waals surface area contributed by atoms with Crippen LogP contribution in [0.3, 0.4) is 0 Å². The molecule has 164 valence electrons. The van der Waals surface area contributed by atoms with E-state index in [9.17, 15) is 31.5 Å². The summed E-state index contributed by atoms with van der Waals surface area (Å²) in [5.41, 5.74) is -3.70. The number of hydrogen-bond donors (Lipinski definition) is 1. The zero-order chi connectivity index (χ0) is 22.7. The molecule has 0 saturated heterocycles. The van der Waals surface area contributed by atoms with E-state index in [4.69, 9.17) is 0 Å². The lowest BCUT2D eigenvalue weighted by Crippen LogP contribution is -2.50. The number of ether oxygens (including phenoxy) is 1. The molecular weight excluding hydrogens is 423 g/mol. The Morgan fingerprint density at radius 2 is 1.57 bits per heavy atom. The lowest BCUT2D eigenvalue weighted by molar-refractivity contribution is -0.267. The number of rotatable bonds is 7. The standard InChI is InChI=1S/C20H22F3NO5S/c1-4-24(30(27,28)17-12-6-14(3)7-13-17)16-10-8-15(9-11-16)19(26,20(21,22)23)18(25)29-5-2/h6-13,26H,4-5H2,1-3H3/t19-/m1/s1. The van der Waals surface area contributed by atoms with Crippen LogP contribution in [0.15, 0.2) is 53.4 Å². The van der Waals surface area contributed by atoms with Gasteiger partial charge in [0.05, 0.1) is 17.2 Å². The lowest BCUT2D eigenvalue weighted by atomic mass is 9.93. The van der Waals surface area contributed by atoms with Gasteiger partial charge in [0, 0.05) is 12.1 Å². The van der Waals surface area contributed by atoms with Gasteiger partial charge in [-0.05, 0) is 45.0 Å². The summed E-state index contributed by atoms with van der Waals surface area (Å²) < 4.78 is 71.7. The Bertz CT molecular complexity index is 989. The van der Waals surface area contributed by atoms with Crippen molar-refractivity contribution in [3.8, 4) is 0 Å². The van der Waals surface area contributed by atoms with Crippen LogP contribution in [-0.2, 0) is 25.2 Å². The Kier molecular flexibility index (Phi) is 6.83. The second-order valence-electron chi connectivity index (χ2n) is 6.46. The van der Waals surface area contributed by atoms with E-state index in [1.807, 2.05) is 0 Å². The van der Waals surface area contributed by atoms with Gasteiger partial charge in [0.15, 0.2) is 0 Å². The van der Waals surface area contributed by atoms with Crippen molar-refractivity contribution in [1.29, 1.82) is 0 Å². The molecule has 1 N–H and O–H groups in total. The highest BCUT2D eigenvalue weighted by molar-refractivity contribution is 7.92. The van der Waals surface area contributed by atoms with Gasteiger partial charge >= 0.3 is 12.1 Å². The molecule has 10 heteroatoms. The quantitative estimate of drug-likeness (QED) is 0.660. The van der Waals surface area contributed by atoms with Crippen LogP contribution >= 0.6 is 0 Å². The normalized spacial score (nSPS) is 14.1. The first-order valence-corrected chi connectivity index (χ1v) is 10.5. The molecule has 0 amide bonds. The van der Waals surface area contributed by atoms with E-state index in [1.165, 1.54) is 19.1 Å². The highest BCUT2D eigenvalue weighted by Crippen LogP contribution is 2.40. The van der Waals surface area contributed by atoms with E-state index < -0.39 is 33.3 Å². The van der Waals surface area contributed by atoms with Crippen LogP contribution in [0.1, 0.15) is 25.0 Å². The van der Waals surface area contributed by atoms with Crippen LogP contribution in [0.25, 0.3) is 0 Å². The van der Waals surface area contributed by atoms with Crippen LogP contribution in [-0.4, -0.2) is 38.8 Å². The highest BCUT2D eigenvalue weighted by atomic mass is 32.2. The van der Waals surface area contributed by atoms with Crippen molar-refractivity contribution < 1.29 is 36.2 Å². The molecule has 2 aromatic carbocycles. The van der Waals surface area contributed by atoms with E-state index in [2.05, 4.69) is 4.74 Å². The fraction of sp³-hybridized carbons (Fsp3) is 0.350. The minimum absolute atomic E-state index is 0.0109. The Morgan fingerprint density at radius 1 is 1.03 bits per heavy atom. The predicted molar refractivity (Wildman–Crippen MR) is 104 cm³/mol. The number of anilines is 1.